The average molecular weight is 475 g/mol. The van der Waals surface area contributed by atoms with Crippen LogP contribution in [0.3, 0.4) is 0 Å². The van der Waals surface area contributed by atoms with Gasteiger partial charge in [-0.05, 0) is 30.5 Å². The minimum atomic E-state index is -0.0504. The summed E-state index contributed by atoms with van der Waals surface area (Å²) in [5.41, 5.74) is 1.18. The number of unbranched alkanes of at least 4 members (excludes halogenated alkanes) is 16. The zero-order valence-corrected chi connectivity index (χ0v) is 22.6. The van der Waals surface area contributed by atoms with Crippen LogP contribution in [0, 0.1) is 0 Å². The van der Waals surface area contributed by atoms with Gasteiger partial charge in [-0.1, -0.05) is 129 Å². The Labute approximate surface area is 211 Å². The minimum Gasteiger partial charge on any atom is -0.494 e. The summed E-state index contributed by atoms with van der Waals surface area (Å²) in [5, 5.41) is 0. The molecule has 0 N–H and O–H groups in total. The van der Waals surface area contributed by atoms with Crippen molar-refractivity contribution < 1.29 is 14.3 Å². The number of benzene rings is 1. The number of hydrogen-bond donors (Lipinski definition) is 0. The van der Waals surface area contributed by atoms with Crippen LogP contribution in [0.4, 0.5) is 0 Å². The third-order valence-corrected chi connectivity index (χ3v) is 6.58. The second-order valence-electron chi connectivity index (χ2n) is 9.87. The summed E-state index contributed by atoms with van der Waals surface area (Å²) in [5.74, 6) is 0.871. The van der Waals surface area contributed by atoms with Crippen LogP contribution in [0.15, 0.2) is 24.3 Å². The fourth-order valence-electron chi connectivity index (χ4n) is 4.29. The molecule has 0 heterocycles. The summed E-state index contributed by atoms with van der Waals surface area (Å²) in [6.07, 6.45) is 25.0. The van der Waals surface area contributed by atoms with E-state index in [1.165, 1.54) is 102 Å². The predicted molar refractivity (Wildman–Crippen MR) is 146 cm³/mol. The molecule has 0 aromatic heterocycles. The molecule has 0 atom stereocenters. The van der Waals surface area contributed by atoms with Crippen LogP contribution < -0.4 is 4.74 Å². The molecule has 34 heavy (non-hydrogen) atoms. The van der Waals surface area contributed by atoms with E-state index in [0.29, 0.717) is 13.0 Å². The number of carbonyl (C=O) groups is 1. The third-order valence-electron chi connectivity index (χ3n) is 6.58. The lowest BCUT2D eigenvalue weighted by Crippen LogP contribution is -2.07. The maximum Gasteiger partial charge on any atom is 0.305 e. The van der Waals surface area contributed by atoms with Gasteiger partial charge in [0.1, 0.15) is 5.75 Å². The van der Waals surface area contributed by atoms with E-state index in [4.69, 9.17) is 9.47 Å². The van der Waals surface area contributed by atoms with Gasteiger partial charge in [-0.25, -0.2) is 0 Å². The van der Waals surface area contributed by atoms with Crippen molar-refractivity contribution >= 4 is 5.97 Å². The number of esters is 1. The van der Waals surface area contributed by atoms with E-state index in [0.717, 1.165) is 38.0 Å². The van der Waals surface area contributed by atoms with E-state index in [1.807, 2.05) is 12.1 Å². The van der Waals surface area contributed by atoms with Crippen LogP contribution in [-0.4, -0.2) is 19.2 Å². The summed E-state index contributed by atoms with van der Waals surface area (Å²) >= 11 is 0. The molecule has 1 aromatic rings. The highest BCUT2D eigenvalue weighted by atomic mass is 16.5. The van der Waals surface area contributed by atoms with Gasteiger partial charge in [-0.2, -0.15) is 0 Å². The van der Waals surface area contributed by atoms with Crippen LogP contribution in [0.1, 0.15) is 141 Å². The summed E-state index contributed by atoms with van der Waals surface area (Å²) in [7, 11) is 0. The van der Waals surface area contributed by atoms with E-state index in [1.54, 1.807) is 0 Å². The molecule has 0 bridgehead atoms. The summed E-state index contributed by atoms with van der Waals surface area (Å²) < 4.78 is 11.2. The normalized spacial score (nSPS) is 11.0. The van der Waals surface area contributed by atoms with E-state index in [9.17, 15) is 4.79 Å². The quantitative estimate of drug-likeness (QED) is 0.110. The molecule has 1 aromatic carbocycles. The topological polar surface area (TPSA) is 35.5 Å². The molecule has 1 rings (SSSR count). The molecule has 0 aliphatic heterocycles. The Morgan fingerprint density at radius 2 is 1.06 bits per heavy atom. The molecule has 0 saturated carbocycles. The lowest BCUT2D eigenvalue weighted by molar-refractivity contribution is -0.143. The van der Waals surface area contributed by atoms with Gasteiger partial charge in [-0.15, -0.1) is 0 Å². The van der Waals surface area contributed by atoms with Crippen LogP contribution in [0.2, 0.25) is 0 Å². The average Bonchev–Trinajstić information content (AvgIpc) is 2.85. The maximum atomic E-state index is 12.0. The van der Waals surface area contributed by atoms with Crippen molar-refractivity contribution in [2.24, 2.45) is 0 Å². The first-order valence-electron chi connectivity index (χ1n) is 14.6. The third kappa shape index (κ3) is 18.9. The van der Waals surface area contributed by atoms with Gasteiger partial charge in [0.05, 0.1) is 13.2 Å². The standard InChI is InChI=1S/C31H54O3/c1-3-5-7-8-9-10-11-12-13-14-15-16-17-18-19-21-31(32)34-28-26-29-22-24-30(25-23-29)33-27-20-6-4-2/h22-25H,3-21,26-28H2,1-2H3. The van der Waals surface area contributed by atoms with Gasteiger partial charge < -0.3 is 9.47 Å². The van der Waals surface area contributed by atoms with Gasteiger partial charge in [0.15, 0.2) is 0 Å². The van der Waals surface area contributed by atoms with Crippen molar-refractivity contribution in [2.45, 2.75) is 142 Å². The molecule has 196 valence electrons. The lowest BCUT2D eigenvalue weighted by atomic mass is 10.0. The smallest absolute Gasteiger partial charge is 0.305 e. The molecular formula is C31H54O3. The Hall–Kier alpha value is -1.51. The molecule has 0 amide bonds. The van der Waals surface area contributed by atoms with Crippen LogP contribution in [0.5, 0.6) is 5.75 Å². The van der Waals surface area contributed by atoms with E-state index >= 15 is 0 Å². The highest BCUT2D eigenvalue weighted by Gasteiger charge is 2.04. The van der Waals surface area contributed by atoms with Crippen molar-refractivity contribution in [3.8, 4) is 5.75 Å². The highest BCUT2D eigenvalue weighted by molar-refractivity contribution is 5.69. The summed E-state index contributed by atoms with van der Waals surface area (Å²) in [6.45, 7) is 5.73. The second-order valence-corrected chi connectivity index (χ2v) is 9.87. The van der Waals surface area contributed by atoms with E-state index in [-0.39, 0.29) is 5.97 Å². The fraction of sp³-hybridized carbons (Fsp3) is 0.774. The summed E-state index contributed by atoms with van der Waals surface area (Å²) in [6, 6.07) is 8.16. The fourth-order valence-corrected chi connectivity index (χ4v) is 4.29. The molecule has 0 saturated heterocycles. The van der Waals surface area contributed by atoms with Crippen molar-refractivity contribution in [1.29, 1.82) is 0 Å². The van der Waals surface area contributed by atoms with Gasteiger partial charge in [-0.3, -0.25) is 4.79 Å². The first-order valence-corrected chi connectivity index (χ1v) is 14.6. The highest BCUT2D eigenvalue weighted by Crippen LogP contribution is 2.15. The minimum absolute atomic E-state index is 0.0504. The Morgan fingerprint density at radius 1 is 0.588 bits per heavy atom. The zero-order chi connectivity index (χ0) is 24.5. The zero-order valence-electron chi connectivity index (χ0n) is 22.6. The van der Waals surface area contributed by atoms with Crippen molar-refractivity contribution in [1.82, 2.24) is 0 Å². The molecule has 0 radical (unpaired) electrons. The van der Waals surface area contributed by atoms with Gasteiger partial charge in [0, 0.05) is 12.8 Å². The van der Waals surface area contributed by atoms with Gasteiger partial charge in [0.25, 0.3) is 0 Å². The lowest BCUT2D eigenvalue weighted by Gasteiger charge is -2.08. The van der Waals surface area contributed by atoms with E-state index in [2.05, 4.69) is 26.0 Å². The molecule has 0 fully saturated rings. The second kappa shape index (κ2) is 23.2. The Balaban J connectivity index is 1.87. The molecule has 0 aliphatic carbocycles. The molecular weight excluding hydrogens is 420 g/mol. The first-order chi connectivity index (χ1) is 16.8. The van der Waals surface area contributed by atoms with Crippen molar-refractivity contribution in [2.75, 3.05) is 13.2 Å². The van der Waals surface area contributed by atoms with Crippen molar-refractivity contribution in [3.05, 3.63) is 29.8 Å². The van der Waals surface area contributed by atoms with Gasteiger partial charge in [0.2, 0.25) is 0 Å². The van der Waals surface area contributed by atoms with Crippen LogP contribution in [-0.2, 0) is 16.0 Å². The van der Waals surface area contributed by atoms with Crippen molar-refractivity contribution in [3.63, 3.8) is 0 Å². The molecule has 0 spiro atoms. The Kier molecular flexibility index (Phi) is 20.9. The Bertz CT molecular complexity index is 567. The number of rotatable bonds is 24. The Morgan fingerprint density at radius 3 is 1.59 bits per heavy atom. The maximum absolute atomic E-state index is 12.0. The first kappa shape index (κ1) is 30.5. The van der Waals surface area contributed by atoms with E-state index < -0.39 is 0 Å². The van der Waals surface area contributed by atoms with Crippen LogP contribution in [0.25, 0.3) is 0 Å². The monoisotopic (exact) mass is 474 g/mol. The number of carbonyl (C=O) groups excluding carboxylic acids is 1. The number of ether oxygens (including phenoxy) is 2. The molecule has 0 unspecified atom stereocenters. The largest absolute Gasteiger partial charge is 0.494 e. The SMILES string of the molecule is CCCCCCCCCCCCCCCCCC(=O)OCCc1ccc(OCCCCC)cc1. The predicted octanol–water partition coefficient (Wildman–Crippen LogP) is 9.60. The molecule has 3 nitrogen and oxygen atoms in total. The number of hydrogen-bond acceptors (Lipinski definition) is 3. The molecule has 0 aliphatic rings. The molecule has 3 heteroatoms. The van der Waals surface area contributed by atoms with Gasteiger partial charge >= 0.3 is 5.97 Å². The van der Waals surface area contributed by atoms with Crippen LogP contribution >= 0.6 is 0 Å². The summed E-state index contributed by atoms with van der Waals surface area (Å²) in [4.78, 5) is 12.0.